The maximum atomic E-state index is 11.4. The van der Waals surface area contributed by atoms with Gasteiger partial charge in [-0.2, -0.15) is 0 Å². The fourth-order valence-corrected chi connectivity index (χ4v) is 2.34. The van der Waals surface area contributed by atoms with Gasteiger partial charge in [-0.3, -0.25) is 14.4 Å². The van der Waals surface area contributed by atoms with E-state index in [1.807, 2.05) is 18.2 Å². The number of methoxy groups -OCH3 is 3. The van der Waals surface area contributed by atoms with Gasteiger partial charge >= 0.3 is 17.9 Å². The van der Waals surface area contributed by atoms with Crippen molar-refractivity contribution in [1.82, 2.24) is 0 Å². The van der Waals surface area contributed by atoms with Crippen LogP contribution in [-0.2, 0) is 47.9 Å². The van der Waals surface area contributed by atoms with E-state index in [0.717, 1.165) is 16.7 Å². The standard InChI is InChI=1S/C18H24O6/c1-22-16(19)9-5-13-4-6-14(7-10-17(20)23-2)15(12-13)8-11-18(21)24-3/h4,6,12H,5,7-11H2,1-3H3. The Morgan fingerprint density at radius 1 is 0.708 bits per heavy atom. The van der Waals surface area contributed by atoms with E-state index >= 15 is 0 Å². The number of carbonyl (C=O) groups excluding carboxylic acids is 3. The summed E-state index contributed by atoms with van der Waals surface area (Å²) in [5, 5.41) is 0. The molecule has 0 saturated carbocycles. The number of benzene rings is 1. The fraction of sp³-hybridized carbons (Fsp3) is 0.500. The summed E-state index contributed by atoms with van der Waals surface area (Å²) in [6, 6.07) is 5.83. The minimum Gasteiger partial charge on any atom is -0.469 e. The molecular formula is C18H24O6. The van der Waals surface area contributed by atoms with E-state index < -0.39 is 0 Å². The first-order valence-electron chi connectivity index (χ1n) is 7.81. The lowest BCUT2D eigenvalue weighted by Crippen LogP contribution is -2.07. The second-order valence-electron chi connectivity index (χ2n) is 5.33. The van der Waals surface area contributed by atoms with Crippen LogP contribution in [0.5, 0.6) is 0 Å². The van der Waals surface area contributed by atoms with Crippen molar-refractivity contribution in [3.8, 4) is 0 Å². The minimum atomic E-state index is -0.283. The molecule has 0 spiro atoms. The largest absolute Gasteiger partial charge is 0.469 e. The molecule has 1 rings (SSSR count). The number of carbonyl (C=O) groups is 3. The van der Waals surface area contributed by atoms with Crippen molar-refractivity contribution >= 4 is 17.9 Å². The van der Waals surface area contributed by atoms with Crippen LogP contribution in [0.15, 0.2) is 18.2 Å². The number of aryl methyl sites for hydroxylation is 3. The summed E-state index contributed by atoms with van der Waals surface area (Å²) in [6.07, 6.45) is 2.48. The first kappa shape index (κ1) is 19.7. The summed E-state index contributed by atoms with van der Waals surface area (Å²) in [4.78, 5) is 34.0. The van der Waals surface area contributed by atoms with Gasteiger partial charge in [-0.05, 0) is 36.0 Å². The Bertz CT molecular complexity index is 579. The van der Waals surface area contributed by atoms with E-state index in [4.69, 9.17) is 0 Å². The van der Waals surface area contributed by atoms with Gasteiger partial charge in [0.2, 0.25) is 0 Å². The molecule has 0 aromatic heterocycles. The van der Waals surface area contributed by atoms with Crippen LogP contribution in [0.25, 0.3) is 0 Å². The van der Waals surface area contributed by atoms with Crippen molar-refractivity contribution in [3.05, 3.63) is 34.9 Å². The zero-order valence-corrected chi connectivity index (χ0v) is 14.4. The Balaban J connectivity index is 2.85. The van der Waals surface area contributed by atoms with Crippen molar-refractivity contribution < 1.29 is 28.6 Å². The van der Waals surface area contributed by atoms with Crippen molar-refractivity contribution in [2.75, 3.05) is 21.3 Å². The predicted molar refractivity (Wildman–Crippen MR) is 87.5 cm³/mol. The Morgan fingerprint density at radius 2 is 1.17 bits per heavy atom. The lowest BCUT2D eigenvalue weighted by atomic mass is 9.95. The summed E-state index contributed by atoms with van der Waals surface area (Å²) in [5.41, 5.74) is 2.96. The second-order valence-corrected chi connectivity index (χ2v) is 5.33. The summed E-state index contributed by atoms with van der Waals surface area (Å²) in [6.45, 7) is 0. The van der Waals surface area contributed by atoms with Crippen LogP contribution >= 0.6 is 0 Å². The van der Waals surface area contributed by atoms with Gasteiger partial charge in [0.1, 0.15) is 0 Å². The molecule has 0 radical (unpaired) electrons. The number of hydrogen-bond donors (Lipinski definition) is 0. The second kappa shape index (κ2) is 10.4. The van der Waals surface area contributed by atoms with Gasteiger partial charge in [-0.1, -0.05) is 18.2 Å². The number of hydrogen-bond acceptors (Lipinski definition) is 6. The first-order chi connectivity index (χ1) is 11.5. The van der Waals surface area contributed by atoms with Gasteiger partial charge in [0, 0.05) is 19.3 Å². The third-order valence-electron chi connectivity index (χ3n) is 3.77. The van der Waals surface area contributed by atoms with Gasteiger partial charge in [0.25, 0.3) is 0 Å². The van der Waals surface area contributed by atoms with Crippen molar-refractivity contribution in [2.24, 2.45) is 0 Å². The van der Waals surface area contributed by atoms with Crippen LogP contribution in [0.1, 0.15) is 36.0 Å². The molecule has 0 aliphatic rings. The molecule has 0 unspecified atom stereocenters. The minimum absolute atomic E-state index is 0.263. The number of ether oxygens (including phenoxy) is 3. The molecule has 24 heavy (non-hydrogen) atoms. The predicted octanol–water partition coefficient (Wildman–Crippen LogP) is 2.00. The maximum absolute atomic E-state index is 11.4. The highest BCUT2D eigenvalue weighted by molar-refractivity contribution is 5.71. The van der Waals surface area contributed by atoms with E-state index in [2.05, 4.69) is 14.2 Å². The molecule has 1 aromatic rings. The van der Waals surface area contributed by atoms with E-state index in [0.29, 0.717) is 25.7 Å². The quantitative estimate of drug-likeness (QED) is 0.507. The lowest BCUT2D eigenvalue weighted by Gasteiger charge is -2.11. The molecule has 0 aliphatic heterocycles. The highest BCUT2D eigenvalue weighted by atomic mass is 16.5. The summed E-state index contributed by atoms with van der Waals surface area (Å²) in [5.74, 6) is -0.821. The van der Waals surface area contributed by atoms with Gasteiger partial charge in [-0.15, -0.1) is 0 Å². The summed E-state index contributed by atoms with van der Waals surface area (Å²) in [7, 11) is 4.07. The van der Waals surface area contributed by atoms with E-state index in [1.165, 1.54) is 21.3 Å². The van der Waals surface area contributed by atoms with Crippen molar-refractivity contribution in [1.29, 1.82) is 0 Å². The molecule has 1 aromatic carbocycles. The highest BCUT2D eigenvalue weighted by Gasteiger charge is 2.11. The molecule has 6 nitrogen and oxygen atoms in total. The highest BCUT2D eigenvalue weighted by Crippen LogP contribution is 2.18. The normalized spacial score (nSPS) is 10.1. The maximum Gasteiger partial charge on any atom is 0.305 e. The first-order valence-corrected chi connectivity index (χ1v) is 7.81. The Hall–Kier alpha value is -2.37. The van der Waals surface area contributed by atoms with Gasteiger partial charge < -0.3 is 14.2 Å². The average molecular weight is 336 g/mol. The van der Waals surface area contributed by atoms with Gasteiger partial charge in [-0.25, -0.2) is 0 Å². The Kier molecular flexibility index (Phi) is 8.54. The third-order valence-corrected chi connectivity index (χ3v) is 3.77. The van der Waals surface area contributed by atoms with Crippen LogP contribution in [0.4, 0.5) is 0 Å². The molecule has 6 heteroatoms. The topological polar surface area (TPSA) is 78.9 Å². The molecule has 0 saturated heterocycles. The fourth-order valence-electron chi connectivity index (χ4n) is 2.34. The molecule has 0 N–H and O–H groups in total. The Morgan fingerprint density at radius 3 is 1.67 bits per heavy atom. The van der Waals surface area contributed by atoms with Crippen molar-refractivity contribution in [3.63, 3.8) is 0 Å². The van der Waals surface area contributed by atoms with E-state index in [1.54, 1.807) is 0 Å². The number of esters is 3. The van der Waals surface area contributed by atoms with Gasteiger partial charge in [0.05, 0.1) is 21.3 Å². The third kappa shape index (κ3) is 6.81. The zero-order valence-electron chi connectivity index (χ0n) is 14.4. The smallest absolute Gasteiger partial charge is 0.305 e. The van der Waals surface area contributed by atoms with E-state index in [9.17, 15) is 14.4 Å². The SMILES string of the molecule is COC(=O)CCc1ccc(CCC(=O)OC)c(CCC(=O)OC)c1. The summed E-state index contributed by atoms with van der Waals surface area (Å²) >= 11 is 0. The molecule has 0 heterocycles. The van der Waals surface area contributed by atoms with Crippen LogP contribution in [0, 0.1) is 0 Å². The number of rotatable bonds is 9. The van der Waals surface area contributed by atoms with E-state index in [-0.39, 0.29) is 30.7 Å². The molecule has 0 aliphatic carbocycles. The van der Waals surface area contributed by atoms with Crippen LogP contribution in [0.3, 0.4) is 0 Å². The van der Waals surface area contributed by atoms with Crippen LogP contribution in [-0.4, -0.2) is 39.2 Å². The van der Waals surface area contributed by atoms with Crippen LogP contribution in [0.2, 0.25) is 0 Å². The van der Waals surface area contributed by atoms with Gasteiger partial charge in [0.15, 0.2) is 0 Å². The molecule has 0 bridgehead atoms. The molecule has 132 valence electrons. The molecule has 0 amide bonds. The van der Waals surface area contributed by atoms with Crippen molar-refractivity contribution in [2.45, 2.75) is 38.5 Å². The average Bonchev–Trinajstić information content (AvgIpc) is 2.62. The molecule has 0 fully saturated rings. The monoisotopic (exact) mass is 336 g/mol. The lowest BCUT2D eigenvalue weighted by molar-refractivity contribution is -0.141. The Labute approximate surface area is 142 Å². The summed E-state index contributed by atoms with van der Waals surface area (Å²) < 4.78 is 14.0. The zero-order chi connectivity index (χ0) is 17.9. The molecule has 0 atom stereocenters. The van der Waals surface area contributed by atoms with Crippen LogP contribution < -0.4 is 0 Å². The molecular weight excluding hydrogens is 312 g/mol.